The first kappa shape index (κ1) is 17.7. The second kappa shape index (κ2) is 9.42. The highest BCUT2D eigenvalue weighted by Gasteiger charge is 2.18. The molecule has 2 aliphatic rings. The van der Waals surface area contributed by atoms with Crippen LogP contribution in [0.5, 0.6) is 0 Å². The number of nitrogens with one attached hydrogen (secondary N) is 1. The lowest BCUT2D eigenvalue weighted by atomic mass is 10.2. The van der Waals surface area contributed by atoms with Gasteiger partial charge in [0.25, 0.3) is 5.91 Å². The smallest absolute Gasteiger partial charge is 0.252 e. The van der Waals surface area contributed by atoms with Crippen molar-refractivity contribution in [2.75, 3.05) is 51.8 Å². The van der Waals surface area contributed by atoms with Crippen LogP contribution in [0.15, 0.2) is 29.2 Å². The van der Waals surface area contributed by atoms with E-state index in [1.54, 1.807) is 11.8 Å². The highest BCUT2D eigenvalue weighted by Crippen LogP contribution is 2.26. The van der Waals surface area contributed by atoms with Crippen LogP contribution in [0.4, 0.5) is 0 Å². The Labute approximate surface area is 148 Å². The highest BCUT2D eigenvalue weighted by atomic mass is 32.2. The normalized spacial score (nSPS) is 21.8. The molecule has 2 aliphatic heterocycles. The van der Waals surface area contributed by atoms with Gasteiger partial charge in [-0.1, -0.05) is 12.1 Å². The third kappa shape index (κ3) is 5.21. The predicted octanol–water partition coefficient (Wildman–Crippen LogP) is 2.02. The molecule has 1 N–H and O–H groups in total. The summed E-state index contributed by atoms with van der Waals surface area (Å²) in [6.45, 7) is 5.89. The SMILES string of the molecule is O=C(NCCN1CCOCC1)c1ccccc1SC[C@H]1CCCO1. The minimum atomic E-state index is 0.0127. The van der Waals surface area contributed by atoms with Crippen LogP contribution in [0.1, 0.15) is 23.2 Å². The highest BCUT2D eigenvalue weighted by molar-refractivity contribution is 7.99. The Morgan fingerprint density at radius 1 is 1.25 bits per heavy atom. The van der Waals surface area contributed by atoms with Gasteiger partial charge in [-0.05, 0) is 25.0 Å². The number of nitrogens with zero attached hydrogens (tertiary/aromatic N) is 1. The minimum absolute atomic E-state index is 0.0127. The molecule has 2 heterocycles. The number of carbonyl (C=O) groups is 1. The zero-order valence-corrected chi connectivity index (χ0v) is 14.9. The molecule has 1 amide bonds. The van der Waals surface area contributed by atoms with Crippen LogP contribution in [0.25, 0.3) is 0 Å². The molecular weight excluding hydrogens is 324 g/mol. The van der Waals surface area contributed by atoms with Gasteiger partial charge in [-0.2, -0.15) is 0 Å². The van der Waals surface area contributed by atoms with Gasteiger partial charge in [0.1, 0.15) is 0 Å². The van der Waals surface area contributed by atoms with Gasteiger partial charge in [-0.15, -0.1) is 11.8 Å². The second-order valence-corrected chi connectivity index (χ2v) is 7.21. The van der Waals surface area contributed by atoms with E-state index in [2.05, 4.69) is 10.2 Å². The van der Waals surface area contributed by atoms with Crippen LogP contribution in [0, 0.1) is 0 Å². The van der Waals surface area contributed by atoms with E-state index in [0.717, 1.165) is 68.5 Å². The molecule has 3 rings (SSSR count). The molecular formula is C18H26N2O3S. The lowest BCUT2D eigenvalue weighted by molar-refractivity contribution is 0.0383. The minimum Gasteiger partial charge on any atom is -0.379 e. The number of carbonyl (C=O) groups excluding carboxylic acids is 1. The number of hydrogen-bond acceptors (Lipinski definition) is 5. The van der Waals surface area contributed by atoms with E-state index in [1.165, 1.54) is 0 Å². The first-order valence-electron chi connectivity index (χ1n) is 8.74. The standard InChI is InChI=1S/C18H26N2O3S/c21-18(19-7-8-20-9-12-22-13-10-20)16-5-1-2-6-17(16)24-14-15-4-3-11-23-15/h1-2,5-6,15H,3-4,7-14H2,(H,19,21)/t15-/m1/s1. The second-order valence-electron chi connectivity index (χ2n) is 6.15. The van der Waals surface area contributed by atoms with Gasteiger partial charge in [-0.25, -0.2) is 0 Å². The van der Waals surface area contributed by atoms with Crippen LogP contribution >= 0.6 is 11.8 Å². The largest absolute Gasteiger partial charge is 0.379 e. The molecule has 132 valence electrons. The van der Waals surface area contributed by atoms with Crippen molar-refractivity contribution in [1.29, 1.82) is 0 Å². The van der Waals surface area contributed by atoms with Gasteiger partial charge < -0.3 is 14.8 Å². The summed E-state index contributed by atoms with van der Waals surface area (Å²) in [5, 5.41) is 3.05. The third-order valence-electron chi connectivity index (χ3n) is 4.40. The molecule has 0 bridgehead atoms. The maximum Gasteiger partial charge on any atom is 0.252 e. The number of rotatable bonds is 7. The van der Waals surface area contributed by atoms with Crippen molar-refractivity contribution in [3.05, 3.63) is 29.8 Å². The Morgan fingerprint density at radius 3 is 2.88 bits per heavy atom. The van der Waals surface area contributed by atoms with E-state index in [9.17, 15) is 4.79 Å². The monoisotopic (exact) mass is 350 g/mol. The van der Waals surface area contributed by atoms with Crippen LogP contribution in [-0.2, 0) is 9.47 Å². The molecule has 5 nitrogen and oxygen atoms in total. The first-order chi connectivity index (χ1) is 11.8. The van der Waals surface area contributed by atoms with E-state index in [1.807, 2.05) is 24.3 Å². The summed E-state index contributed by atoms with van der Waals surface area (Å²) in [6, 6.07) is 7.84. The Morgan fingerprint density at radius 2 is 2.08 bits per heavy atom. The van der Waals surface area contributed by atoms with E-state index >= 15 is 0 Å². The Balaban J connectivity index is 1.48. The quantitative estimate of drug-likeness (QED) is 0.763. The van der Waals surface area contributed by atoms with Gasteiger partial charge in [0.05, 0.1) is 24.9 Å². The van der Waals surface area contributed by atoms with Crippen molar-refractivity contribution in [3.63, 3.8) is 0 Å². The third-order valence-corrected chi connectivity index (χ3v) is 5.60. The summed E-state index contributed by atoms with van der Waals surface area (Å²) in [7, 11) is 0. The summed E-state index contributed by atoms with van der Waals surface area (Å²) in [6.07, 6.45) is 2.60. The molecule has 0 aromatic heterocycles. The zero-order chi connectivity index (χ0) is 16.6. The fourth-order valence-corrected chi connectivity index (χ4v) is 4.11. The molecule has 0 aliphatic carbocycles. The molecule has 1 aromatic rings. The van der Waals surface area contributed by atoms with Crippen LogP contribution in [0.3, 0.4) is 0 Å². The number of benzene rings is 1. The summed E-state index contributed by atoms with van der Waals surface area (Å²) >= 11 is 1.72. The molecule has 2 fully saturated rings. The summed E-state index contributed by atoms with van der Waals surface area (Å²) in [4.78, 5) is 15.9. The summed E-state index contributed by atoms with van der Waals surface area (Å²) < 4.78 is 11.0. The van der Waals surface area contributed by atoms with Gasteiger partial charge in [0.15, 0.2) is 0 Å². The average Bonchev–Trinajstić information content (AvgIpc) is 3.14. The number of morpholine rings is 1. The molecule has 6 heteroatoms. The fourth-order valence-electron chi connectivity index (χ4n) is 2.99. The van der Waals surface area contributed by atoms with Crippen molar-refractivity contribution in [2.24, 2.45) is 0 Å². The van der Waals surface area contributed by atoms with Gasteiger partial charge in [-0.3, -0.25) is 9.69 Å². The average molecular weight is 350 g/mol. The predicted molar refractivity (Wildman–Crippen MR) is 95.7 cm³/mol. The first-order valence-corrected chi connectivity index (χ1v) is 9.73. The van der Waals surface area contributed by atoms with Gasteiger partial charge >= 0.3 is 0 Å². The van der Waals surface area contributed by atoms with Crippen molar-refractivity contribution in [3.8, 4) is 0 Å². The molecule has 2 saturated heterocycles. The topological polar surface area (TPSA) is 50.8 Å². The molecule has 0 spiro atoms. The molecule has 0 unspecified atom stereocenters. The maximum atomic E-state index is 12.5. The summed E-state index contributed by atoms with van der Waals surface area (Å²) in [5.74, 6) is 0.927. The summed E-state index contributed by atoms with van der Waals surface area (Å²) in [5.41, 5.74) is 0.766. The molecule has 24 heavy (non-hydrogen) atoms. The lowest BCUT2D eigenvalue weighted by Crippen LogP contribution is -2.41. The Hall–Kier alpha value is -1.08. The van der Waals surface area contributed by atoms with E-state index in [-0.39, 0.29) is 5.91 Å². The van der Waals surface area contributed by atoms with Crippen LogP contribution < -0.4 is 5.32 Å². The number of thioether (sulfide) groups is 1. The Bertz CT molecular complexity index is 529. The number of amides is 1. The van der Waals surface area contributed by atoms with Gasteiger partial charge in [0, 0.05) is 43.4 Å². The number of hydrogen-bond donors (Lipinski definition) is 1. The zero-order valence-electron chi connectivity index (χ0n) is 14.0. The molecule has 0 radical (unpaired) electrons. The van der Waals surface area contributed by atoms with Gasteiger partial charge in [0.2, 0.25) is 0 Å². The van der Waals surface area contributed by atoms with Crippen molar-refractivity contribution < 1.29 is 14.3 Å². The maximum absolute atomic E-state index is 12.5. The van der Waals surface area contributed by atoms with E-state index in [0.29, 0.717) is 12.6 Å². The van der Waals surface area contributed by atoms with E-state index < -0.39 is 0 Å². The van der Waals surface area contributed by atoms with Crippen LogP contribution in [-0.4, -0.2) is 68.7 Å². The van der Waals surface area contributed by atoms with Crippen molar-refractivity contribution >= 4 is 17.7 Å². The lowest BCUT2D eigenvalue weighted by Gasteiger charge is -2.26. The van der Waals surface area contributed by atoms with Crippen molar-refractivity contribution in [2.45, 2.75) is 23.8 Å². The Kier molecular flexibility index (Phi) is 6.96. The fraction of sp³-hybridized carbons (Fsp3) is 0.611. The van der Waals surface area contributed by atoms with Crippen LogP contribution in [0.2, 0.25) is 0 Å². The van der Waals surface area contributed by atoms with E-state index in [4.69, 9.17) is 9.47 Å². The molecule has 1 aromatic carbocycles. The molecule has 1 atom stereocenters. The van der Waals surface area contributed by atoms with Crippen molar-refractivity contribution in [1.82, 2.24) is 10.2 Å². The molecule has 0 saturated carbocycles. The number of ether oxygens (including phenoxy) is 2.